The van der Waals surface area contributed by atoms with Crippen LogP contribution in [0.25, 0.3) is 0 Å². The number of nitrogens with one attached hydrogen (secondary N) is 1. The highest BCUT2D eigenvalue weighted by Gasteiger charge is 2.36. The highest BCUT2D eigenvalue weighted by molar-refractivity contribution is 7.89. The van der Waals surface area contributed by atoms with Gasteiger partial charge in [-0.2, -0.15) is 0 Å². The number of benzene rings is 2. The summed E-state index contributed by atoms with van der Waals surface area (Å²) in [5, 5.41) is 1.27. The second kappa shape index (κ2) is 7.85. The summed E-state index contributed by atoms with van der Waals surface area (Å²) in [7, 11) is -5.54. The zero-order chi connectivity index (χ0) is 18.7. The number of hydrogen-bond donors (Lipinski definition) is 1. The zero-order valence-electron chi connectivity index (χ0n) is 15.8. The molecule has 0 amide bonds. The summed E-state index contributed by atoms with van der Waals surface area (Å²) in [5.41, 5.74) is 0.998. The number of aryl methyl sites for hydroxylation is 1. The summed E-state index contributed by atoms with van der Waals surface area (Å²) in [6, 6.07) is 17.4. The fourth-order valence-electron chi connectivity index (χ4n) is 3.00. The molecule has 0 saturated carbocycles. The smallest absolute Gasteiger partial charge is 0.211 e. The van der Waals surface area contributed by atoms with E-state index in [0.717, 1.165) is 12.0 Å². The molecule has 25 heavy (non-hydrogen) atoms. The first kappa shape index (κ1) is 19.9. The van der Waals surface area contributed by atoms with E-state index < -0.39 is 18.1 Å². The Balaban J connectivity index is 2.36. The van der Waals surface area contributed by atoms with E-state index in [-0.39, 0.29) is 5.67 Å². The topological polar surface area (TPSA) is 46.2 Å². The van der Waals surface area contributed by atoms with E-state index in [4.69, 9.17) is 0 Å². The molecule has 0 radical (unpaired) electrons. The summed E-state index contributed by atoms with van der Waals surface area (Å²) in [4.78, 5) is 0.338. The SMILES string of the molecule is Cc1ccc(S(=O)(=O)N[C@@H](CC(C)C)[Si](C)(C)c2ccccc2)cc1. The van der Waals surface area contributed by atoms with Crippen LogP contribution in [-0.4, -0.2) is 22.2 Å². The lowest BCUT2D eigenvalue weighted by atomic mass is 10.1. The molecule has 0 heterocycles. The van der Waals surface area contributed by atoms with E-state index in [0.29, 0.717) is 10.8 Å². The van der Waals surface area contributed by atoms with Crippen molar-refractivity contribution in [1.29, 1.82) is 0 Å². The van der Waals surface area contributed by atoms with Crippen molar-refractivity contribution in [2.45, 2.75) is 50.8 Å². The zero-order valence-corrected chi connectivity index (χ0v) is 17.6. The van der Waals surface area contributed by atoms with Crippen LogP contribution in [-0.2, 0) is 10.0 Å². The average molecular weight is 376 g/mol. The van der Waals surface area contributed by atoms with Gasteiger partial charge in [0, 0.05) is 5.67 Å². The van der Waals surface area contributed by atoms with Crippen molar-refractivity contribution in [3.05, 3.63) is 60.2 Å². The summed E-state index contributed by atoms with van der Waals surface area (Å²) < 4.78 is 28.9. The summed E-state index contributed by atoms with van der Waals surface area (Å²) in [6.45, 7) is 10.7. The van der Waals surface area contributed by atoms with Crippen LogP contribution in [0.2, 0.25) is 13.1 Å². The fraction of sp³-hybridized carbons (Fsp3) is 0.400. The van der Waals surface area contributed by atoms with E-state index in [1.54, 1.807) is 12.1 Å². The van der Waals surface area contributed by atoms with Gasteiger partial charge < -0.3 is 0 Å². The maximum atomic E-state index is 12.9. The van der Waals surface area contributed by atoms with Crippen molar-refractivity contribution in [3.8, 4) is 0 Å². The molecule has 3 nitrogen and oxygen atoms in total. The molecule has 1 atom stereocenters. The van der Waals surface area contributed by atoms with Crippen LogP contribution in [0.5, 0.6) is 0 Å². The molecule has 0 aliphatic heterocycles. The van der Waals surface area contributed by atoms with Crippen LogP contribution in [0.4, 0.5) is 0 Å². The Labute approximate surface area is 153 Å². The van der Waals surface area contributed by atoms with Crippen LogP contribution < -0.4 is 9.91 Å². The number of hydrogen-bond acceptors (Lipinski definition) is 2. The highest BCUT2D eigenvalue weighted by Crippen LogP contribution is 2.20. The Morgan fingerprint density at radius 1 is 0.960 bits per heavy atom. The molecular weight excluding hydrogens is 346 g/mol. The first-order valence-corrected chi connectivity index (χ1v) is 13.3. The van der Waals surface area contributed by atoms with Gasteiger partial charge in [0.1, 0.15) is 0 Å². The Bertz CT molecular complexity index is 784. The molecular formula is C20H29NO2SSi. The van der Waals surface area contributed by atoms with Crippen molar-refractivity contribution in [2.75, 3.05) is 0 Å². The second-order valence-electron chi connectivity index (χ2n) is 7.70. The Morgan fingerprint density at radius 3 is 2.04 bits per heavy atom. The number of sulfonamides is 1. The first-order valence-electron chi connectivity index (χ1n) is 8.77. The molecule has 136 valence electrons. The summed E-state index contributed by atoms with van der Waals surface area (Å²) in [6.07, 6.45) is 0.833. The van der Waals surface area contributed by atoms with E-state index in [9.17, 15) is 8.42 Å². The minimum absolute atomic E-state index is 0.0544. The predicted molar refractivity (Wildman–Crippen MR) is 108 cm³/mol. The van der Waals surface area contributed by atoms with Crippen molar-refractivity contribution >= 4 is 23.3 Å². The molecule has 2 aromatic carbocycles. The molecule has 0 aliphatic carbocycles. The molecule has 0 fully saturated rings. The van der Waals surface area contributed by atoms with E-state index in [1.165, 1.54) is 5.19 Å². The normalized spacial score (nSPS) is 13.8. The van der Waals surface area contributed by atoms with Crippen LogP contribution in [0.15, 0.2) is 59.5 Å². The molecule has 0 saturated heterocycles. The van der Waals surface area contributed by atoms with Gasteiger partial charge in [0.15, 0.2) is 0 Å². The van der Waals surface area contributed by atoms with Gasteiger partial charge in [-0.05, 0) is 31.4 Å². The summed E-state index contributed by atoms with van der Waals surface area (Å²) >= 11 is 0. The third kappa shape index (κ3) is 5.03. The Morgan fingerprint density at radius 2 is 1.52 bits per heavy atom. The second-order valence-corrected chi connectivity index (χ2v) is 14.1. The van der Waals surface area contributed by atoms with Gasteiger partial charge in [-0.1, -0.05) is 80.2 Å². The third-order valence-corrected chi connectivity index (χ3v) is 10.4. The first-order chi connectivity index (χ1) is 11.6. The van der Waals surface area contributed by atoms with Gasteiger partial charge in [0.2, 0.25) is 10.0 Å². The average Bonchev–Trinajstić information content (AvgIpc) is 2.55. The van der Waals surface area contributed by atoms with Crippen LogP contribution in [0.3, 0.4) is 0 Å². The van der Waals surface area contributed by atoms with Gasteiger partial charge in [-0.3, -0.25) is 0 Å². The van der Waals surface area contributed by atoms with E-state index in [1.807, 2.05) is 37.3 Å². The molecule has 0 aliphatic rings. The van der Waals surface area contributed by atoms with Crippen molar-refractivity contribution < 1.29 is 8.42 Å². The molecule has 0 spiro atoms. The van der Waals surface area contributed by atoms with Gasteiger partial charge in [-0.15, -0.1) is 0 Å². The number of rotatable bonds is 7. The van der Waals surface area contributed by atoms with Gasteiger partial charge in [0.05, 0.1) is 13.0 Å². The van der Waals surface area contributed by atoms with Crippen molar-refractivity contribution in [2.24, 2.45) is 5.92 Å². The minimum atomic E-state index is -3.53. The van der Waals surface area contributed by atoms with Crippen molar-refractivity contribution in [1.82, 2.24) is 4.72 Å². The van der Waals surface area contributed by atoms with Gasteiger partial charge >= 0.3 is 0 Å². The fourth-order valence-corrected chi connectivity index (χ4v) is 8.26. The van der Waals surface area contributed by atoms with Crippen LogP contribution in [0, 0.1) is 12.8 Å². The third-order valence-electron chi connectivity index (χ3n) is 4.72. The molecule has 1 N–H and O–H groups in total. The lowest BCUT2D eigenvalue weighted by Crippen LogP contribution is -2.60. The quantitative estimate of drug-likeness (QED) is 0.747. The van der Waals surface area contributed by atoms with E-state index >= 15 is 0 Å². The monoisotopic (exact) mass is 375 g/mol. The van der Waals surface area contributed by atoms with Gasteiger partial charge in [-0.25, -0.2) is 13.1 Å². The Kier molecular flexibility index (Phi) is 6.24. The largest absolute Gasteiger partial charge is 0.240 e. The predicted octanol–water partition coefficient (Wildman–Crippen LogP) is 3.84. The van der Waals surface area contributed by atoms with E-state index in [2.05, 4.69) is 43.8 Å². The molecule has 0 aromatic heterocycles. The molecule has 2 aromatic rings. The Hall–Kier alpha value is -1.43. The van der Waals surface area contributed by atoms with Crippen LogP contribution in [0.1, 0.15) is 25.8 Å². The van der Waals surface area contributed by atoms with Crippen molar-refractivity contribution in [3.63, 3.8) is 0 Å². The van der Waals surface area contributed by atoms with Gasteiger partial charge in [0.25, 0.3) is 0 Å². The molecule has 2 rings (SSSR count). The lowest BCUT2D eigenvalue weighted by molar-refractivity contribution is 0.522. The standard InChI is InChI=1S/C20H29NO2SSi/c1-16(2)15-20(25(4,5)19-9-7-6-8-10-19)21-24(22,23)18-13-11-17(3)12-14-18/h6-14,16,20-21H,15H2,1-5H3/t20-/m1/s1. The lowest BCUT2D eigenvalue weighted by Gasteiger charge is -2.34. The molecule has 0 unspecified atom stereocenters. The molecule has 0 bridgehead atoms. The maximum absolute atomic E-state index is 12.9. The summed E-state index contributed by atoms with van der Waals surface area (Å²) in [5.74, 6) is 0.418. The molecule has 5 heteroatoms. The maximum Gasteiger partial charge on any atom is 0.240 e. The van der Waals surface area contributed by atoms with Crippen LogP contribution >= 0.6 is 0 Å². The minimum Gasteiger partial charge on any atom is -0.211 e. The highest BCUT2D eigenvalue weighted by atomic mass is 32.2.